The predicted octanol–water partition coefficient (Wildman–Crippen LogP) is 3.45. The number of amides is 2. The molecule has 9 nitrogen and oxygen atoms in total. The van der Waals surface area contributed by atoms with Gasteiger partial charge in [-0.1, -0.05) is 0 Å². The first kappa shape index (κ1) is 24.8. The molecule has 11 heteroatoms. The Hall–Kier alpha value is -2.42. The van der Waals surface area contributed by atoms with Gasteiger partial charge in [0.05, 0.1) is 25.7 Å². The molecular formula is C20H28FN2O7P. The summed E-state index contributed by atoms with van der Waals surface area (Å²) in [6, 6.07) is 4.96. The van der Waals surface area contributed by atoms with E-state index in [-0.39, 0.29) is 50.6 Å². The van der Waals surface area contributed by atoms with E-state index < -0.39 is 13.7 Å². The van der Waals surface area contributed by atoms with E-state index in [1.54, 1.807) is 36.9 Å². The second-order valence-electron chi connectivity index (χ2n) is 6.75. The zero-order chi connectivity index (χ0) is 22.9. The number of carbonyl (C=O) groups excluding carboxylic acids is 1. The van der Waals surface area contributed by atoms with Crippen LogP contribution < -0.4 is 10.1 Å². The summed E-state index contributed by atoms with van der Waals surface area (Å²) in [5.74, 6) is 0.272. The Labute approximate surface area is 180 Å². The van der Waals surface area contributed by atoms with E-state index in [0.717, 1.165) is 5.56 Å². The van der Waals surface area contributed by atoms with Gasteiger partial charge in [0, 0.05) is 30.8 Å². The third kappa shape index (κ3) is 7.34. The Morgan fingerprint density at radius 2 is 2.03 bits per heavy atom. The van der Waals surface area contributed by atoms with Gasteiger partial charge in [-0.15, -0.1) is 0 Å². The Kier molecular flexibility index (Phi) is 9.48. The molecule has 0 unspecified atom stereocenters. The lowest BCUT2D eigenvalue weighted by Crippen LogP contribution is -2.39. The molecule has 2 amide bonds. The highest BCUT2D eigenvalue weighted by Crippen LogP contribution is 2.47. The minimum absolute atomic E-state index is 0.125. The topological polar surface area (TPSA) is 114 Å². The van der Waals surface area contributed by atoms with Crippen molar-refractivity contribution in [2.75, 3.05) is 45.6 Å². The normalized spacial score (nSPS) is 14.4. The summed E-state index contributed by atoms with van der Waals surface area (Å²) >= 11 is 0. The van der Waals surface area contributed by atoms with Crippen molar-refractivity contribution in [3.05, 3.63) is 41.2 Å². The van der Waals surface area contributed by atoms with Crippen LogP contribution in [0.1, 0.15) is 29.8 Å². The molecular weight excluding hydrogens is 430 g/mol. The summed E-state index contributed by atoms with van der Waals surface area (Å²) in [6.45, 7) is 4.41. The van der Waals surface area contributed by atoms with E-state index >= 15 is 0 Å². The van der Waals surface area contributed by atoms with Gasteiger partial charge in [0.1, 0.15) is 12.4 Å². The molecule has 0 atom stereocenters. The van der Waals surface area contributed by atoms with Crippen LogP contribution in [0, 0.1) is 0 Å². The number of nitrogens with one attached hydrogen (secondary N) is 1. The van der Waals surface area contributed by atoms with Crippen molar-refractivity contribution >= 4 is 19.6 Å². The van der Waals surface area contributed by atoms with Gasteiger partial charge in [-0.25, -0.2) is 9.18 Å². The van der Waals surface area contributed by atoms with Crippen LogP contribution >= 0.6 is 7.60 Å². The number of rotatable bonds is 12. The second-order valence-corrected chi connectivity index (χ2v) is 8.93. The molecule has 1 aliphatic rings. The fourth-order valence-electron chi connectivity index (χ4n) is 3.11. The number of carboxylic acid groups (broad SMARTS) is 1. The van der Waals surface area contributed by atoms with Crippen LogP contribution in [0.2, 0.25) is 0 Å². The lowest BCUT2D eigenvalue weighted by atomic mass is 9.99. The summed E-state index contributed by atoms with van der Waals surface area (Å²) in [6.07, 6.45) is -0.244. The van der Waals surface area contributed by atoms with Crippen LogP contribution in [0.3, 0.4) is 0 Å². The number of hydrogen-bond acceptors (Lipinski definition) is 6. The number of nitrogens with zero attached hydrogens (tertiary/aromatic N) is 1. The van der Waals surface area contributed by atoms with Gasteiger partial charge in [-0.3, -0.25) is 9.36 Å². The molecule has 0 fully saturated rings. The largest absolute Gasteiger partial charge is 0.489 e. The molecule has 0 saturated heterocycles. The van der Waals surface area contributed by atoms with Gasteiger partial charge in [-0.2, -0.15) is 0 Å². The fourth-order valence-corrected chi connectivity index (χ4v) is 4.71. The SMILES string of the molecule is CCOP(=O)(CCN1CCc2cc(OC/C(=C/F)CNC(=O)O)ccc2C1=O)OCC. The quantitative estimate of drug-likeness (QED) is 0.461. The zero-order valence-corrected chi connectivity index (χ0v) is 18.5. The van der Waals surface area contributed by atoms with Gasteiger partial charge in [-0.05, 0) is 44.0 Å². The van der Waals surface area contributed by atoms with Crippen LogP contribution in [0.25, 0.3) is 0 Å². The lowest BCUT2D eigenvalue weighted by Gasteiger charge is -2.30. The third-order valence-electron chi connectivity index (χ3n) is 4.59. The molecule has 0 aliphatic carbocycles. The Morgan fingerprint density at radius 3 is 2.65 bits per heavy atom. The molecule has 2 rings (SSSR count). The van der Waals surface area contributed by atoms with E-state index in [0.29, 0.717) is 30.6 Å². The molecule has 1 heterocycles. The average Bonchev–Trinajstić information content (AvgIpc) is 2.73. The molecule has 172 valence electrons. The Bertz CT molecular complexity index is 852. The molecule has 0 radical (unpaired) electrons. The minimum atomic E-state index is -3.23. The third-order valence-corrected chi connectivity index (χ3v) is 6.64. The van der Waals surface area contributed by atoms with E-state index in [2.05, 4.69) is 5.32 Å². The number of halogens is 1. The van der Waals surface area contributed by atoms with Crippen LogP contribution in [-0.4, -0.2) is 67.6 Å². The first-order valence-electron chi connectivity index (χ1n) is 10.00. The molecule has 0 saturated carbocycles. The summed E-state index contributed by atoms with van der Waals surface area (Å²) < 4.78 is 41.6. The maximum absolute atomic E-state index is 12.9. The van der Waals surface area contributed by atoms with Gasteiger partial charge < -0.3 is 29.1 Å². The van der Waals surface area contributed by atoms with Crippen LogP contribution in [0.15, 0.2) is 30.1 Å². The number of benzene rings is 1. The second kappa shape index (κ2) is 11.8. The summed E-state index contributed by atoms with van der Waals surface area (Å²) in [7, 11) is -3.23. The maximum Gasteiger partial charge on any atom is 0.404 e. The first-order chi connectivity index (χ1) is 14.8. The van der Waals surface area contributed by atoms with Crippen molar-refractivity contribution in [3.63, 3.8) is 0 Å². The van der Waals surface area contributed by atoms with E-state index in [9.17, 15) is 18.5 Å². The van der Waals surface area contributed by atoms with Crippen molar-refractivity contribution in [1.82, 2.24) is 10.2 Å². The summed E-state index contributed by atoms with van der Waals surface area (Å²) in [5.41, 5.74) is 1.46. The number of carbonyl (C=O) groups is 2. The summed E-state index contributed by atoms with van der Waals surface area (Å²) in [4.78, 5) is 24.9. The Morgan fingerprint density at radius 1 is 1.32 bits per heavy atom. The minimum Gasteiger partial charge on any atom is -0.489 e. The molecule has 31 heavy (non-hydrogen) atoms. The average molecular weight is 458 g/mol. The maximum atomic E-state index is 12.9. The highest BCUT2D eigenvalue weighted by Gasteiger charge is 2.29. The molecule has 2 N–H and O–H groups in total. The lowest BCUT2D eigenvalue weighted by molar-refractivity contribution is 0.0747. The van der Waals surface area contributed by atoms with Crippen LogP contribution in [0.4, 0.5) is 9.18 Å². The predicted molar refractivity (Wildman–Crippen MR) is 112 cm³/mol. The van der Waals surface area contributed by atoms with Crippen molar-refractivity contribution in [2.24, 2.45) is 0 Å². The van der Waals surface area contributed by atoms with Crippen molar-refractivity contribution in [2.45, 2.75) is 20.3 Å². The number of fused-ring (bicyclic) bond motifs is 1. The van der Waals surface area contributed by atoms with Crippen molar-refractivity contribution in [3.8, 4) is 5.75 Å². The van der Waals surface area contributed by atoms with Gasteiger partial charge in [0.15, 0.2) is 0 Å². The molecule has 1 aromatic carbocycles. The van der Waals surface area contributed by atoms with Gasteiger partial charge in [0.2, 0.25) is 0 Å². The molecule has 0 spiro atoms. The highest BCUT2D eigenvalue weighted by molar-refractivity contribution is 7.53. The monoisotopic (exact) mass is 458 g/mol. The van der Waals surface area contributed by atoms with Crippen LogP contribution in [0.5, 0.6) is 5.75 Å². The van der Waals surface area contributed by atoms with Crippen LogP contribution in [-0.2, 0) is 20.0 Å². The molecule has 0 aromatic heterocycles. The fraction of sp³-hybridized carbons (Fsp3) is 0.500. The van der Waals surface area contributed by atoms with Gasteiger partial charge >= 0.3 is 13.7 Å². The molecule has 1 aromatic rings. The smallest absolute Gasteiger partial charge is 0.404 e. The first-order valence-corrected chi connectivity index (χ1v) is 11.7. The molecule has 1 aliphatic heterocycles. The van der Waals surface area contributed by atoms with E-state index in [4.69, 9.17) is 18.9 Å². The standard InChI is InChI=1S/C20H28FN2O7P/c1-3-29-31(27,30-4-2)10-9-23-8-7-16-11-17(5-6-18(16)19(23)24)28-14-15(12-21)13-22-20(25)26/h5-6,11-12,22H,3-4,7-10,13-14H2,1-2H3,(H,25,26)/b15-12+. The van der Waals surface area contributed by atoms with Crippen molar-refractivity contribution in [1.29, 1.82) is 0 Å². The molecule has 0 bridgehead atoms. The number of ether oxygens (including phenoxy) is 1. The highest BCUT2D eigenvalue weighted by atomic mass is 31.2. The number of hydrogen-bond donors (Lipinski definition) is 2. The summed E-state index contributed by atoms with van der Waals surface area (Å²) in [5, 5.41) is 10.7. The van der Waals surface area contributed by atoms with E-state index in [1.807, 2.05) is 0 Å². The van der Waals surface area contributed by atoms with Gasteiger partial charge in [0.25, 0.3) is 5.91 Å². The Balaban J connectivity index is 1.98. The van der Waals surface area contributed by atoms with Crippen molar-refractivity contribution < 1.29 is 37.4 Å². The zero-order valence-electron chi connectivity index (χ0n) is 17.6. The van der Waals surface area contributed by atoms with E-state index in [1.165, 1.54) is 0 Å².